The number of carbonyl (C=O) groups is 1. The molecule has 2 aromatic carbocycles. The summed E-state index contributed by atoms with van der Waals surface area (Å²) >= 11 is 0. The van der Waals surface area contributed by atoms with Gasteiger partial charge in [-0.2, -0.15) is 10.4 Å². The Kier molecular flexibility index (Phi) is 12.7. The van der Waals surface area contributed by atoms with Crippen LogP contribution in [0, 0.1) is 0 Å². The molecule has 13 heteroatoms. The Morgan fingerprint density at radius 2 is 1.65 bits per heavy atom. The summed E-state index contributed by atoms with van der Waals surface area (Å²) in [7, 11) is 0. The van der Waals surface area contributed by atoms with Crippen LogP contribution in [-0.4, -0.2) is 87.6 Å². The topological polar surface area (TPSA) is 155 Å². The molecule has 0 atom stereocenters. The maximum Gasteiger partial charge on any atom is 0.438 e. The van der Waals surface area contributed by atoms with Crippen LogP contribution in [0.4, 0.5) is 16.3 Å². The standard InChI is InChI=1S/C30H40N4O9/c1-3-40-23-8-5-7-22(19-23)32-29-25-17-21-18-26(41-4-2)27(20-24(21)28(25)33-34-29)42-11-6-10-37-13-15-39-16-14-38-12-9-31-30(35)43-36/h5,7-8,18-20,36H,3-4,6,9-17H2,1-2H3,(H,31,35)(H2,32,33,34). The number of nitrogens with zero attached hydrogens (tertiary/aromatic N) is 1. The number of benzene rings is 2. The van der Waals surface area contributed by atoms with Crippen LogP contribution in [0.1, 0.15) is 31.4 Å². The fourth-order valence-corrected chi connectivity index (χ4v) is 4.53. The SMILES string of the molecule is CCOc1cccc(Nc2n[nH]c3c2Cc2cc(OCC)c(OCCCOCCOCCOCCNC(=O)OO)cc2-3)c1. The van der Waals surface area contributed by atoms with Crippen molar-refractivity contribution >= 4 is 17.6 Å². The number of aromatic nitrogens is 2. The van der Waals surface area contributed by atoms with Crippen LogP contribution in [0.15, 0.2) is 36.4 Å². The molecule has 0 saturated carbocycles. The minimum Gasteiger partial charge on any atom is -0.494 e. The van der Waals surface area contributed by atoms with Gasteiger partial charge in [0.1, 0.15) is 5.75 Å². The van der Waals surface area contributed by atoms with Gasteiger partial charge >= 0.3 is 6.09 Å². The van der Waals surface area contributed by atoms with E-state index in [1.165, 1.54) is 0 Å². The minimum atomic E-state index is -0.916. The Bertz CT molecular complexity index is 1300. The van der Waals surface area contributed by atoms with E-state index in [4.69, 9.17) is 33.7 Å². The van der Waals surface area contributed by atoms with Crippen LogP contribution in [-0.2, 0) is 25.5 Å². The Balaban J connectivity index is 1.19. The molecule has 1 aliphatic carbocycles. The molecule has 0 radical (unpaired) electrons. The lowest BCUT2D eigenvalue weighted by Gasteiger charge is -2.14. The molecule has 43 heavy (non-hydrogen) atoms. The number of carbonyl (C=O) groups excluding carboxylic acids is 1. The number of hydrogen-bond acceptors (Lipinski definition) is 11. The molecule has 0 aliphatic heterocycles. The van der Waals surface area contributed by atoms with E-state index in [1.54, 1.807) is 0 Å². The smallest absolute Gasteiger partial charge is 0.438 e. The molecule has 0 fully saturated rings. The van der Waals surface area contributed by atoms with Gasteiger partial charge < -0.3 is 39.1 Å². The molecular weight excluding hydrogens is 560 g/mol. The molecule has 1 amide bonds. The molecule has 0 unspecified atom stereocenters. The number of H-pyrrole nitrogens is 1. The highest BCUT2D eigenvalue weighted by Gasteiger charge is 2.27. The lowest BCUT2D eigenvalue weighted by atomic mass is 10.1. The highest BCUT2D eigenvalue weighted by atomic mass is 17.1. The zero-order valence-corrected chi connectivity index (χ0v) is 24.6. The first-order valence-electron chi connectivity index (χ1n) is 14.4. The summed E-state index contributed by atoms with van der Waals surface area (Å²) in [6, 6.07) is 11.9. The molecule has 4 N–H and O–H groups in total. The molecule has 0 saturated heterocycles. The molecule has 3 aromatic rings. The fourth-order valence-electron chi connectivity index (χ4n) is 4.53. The first kappa shape index (κ1) is 31.9. The number of amides is 1. The van der Waals surface area contributed by atoms with Crippen molar-refractivity contribution in [3.8, 4) is 28.5 Å². The molecular formula is C30H40N4O9. The van der Waals surface area contributed by atoms with Crippen LogP contribution in [0.2, 0.25) is 0 Å². The predicted molar refractivity (Wildman–Crippen MR) is 159 cm³/mol. The first-order valence-corrected chi connectivity index (χ1v) is 14.4. The maximum atomic E-state index is 10.7. The monoisotopic (exact) mass is 600 g/mol. The van der Waals surface area contributed by atoms with Gasteiger partial charge in [-0.05, 0) is 43.7 Å². The van der Waals surface area contributed by atoms with Crippen molar-refractivity contribution in [3.63, 3.8) is 0 Å². The number of nitrogens with one attached hydrogen (secondary N) is 3. The summed E-state index contributed by atoms with van der Waals surface area (Å²) in [5, 5.41) is 21.6. The molecule has 1 aliphatic rings. The van der Waals surface area contributed by atoms with E-state index >= 15 is 0 Å². The van der Waals surface area contributed by atoms with E-state index in [-0.39, 0.29) is 13.2 Å². The van der Waals surface area contributed by atoms with E-state index in [0.717, 1.165) is 51.8 Å². The molecule has 0 bridgehead atoms. The van der Waals surface area contributed by atoms with Crippen molar-refractivity contribution in [1.82, 2.24) is 15.5 Å². The van der Waals surface area contributed by atoms with Crippen LogP contribution in [0.3, 0.4) is 0 Å². The van der Waals surface area contributed by atoms with Gasteiger partial charge in [0, 0.05) is 48.9 Å². The number of hydrogen-bond donors (Lipinski definition) is 4. The second kappa shape index (κ2) is 17.2. The maximum absolute atomic E-state index is 10.7. The van der Waals surface area contributed by atoms with Crippen LogP contribution < -0.4 is 24.8 Å². The summed E-state index contributed by atoms with van der Waals surface area (Å²) < 4.78 is 34.0. The number of fused-ring (bicyclic) bond motifs is 3. The highest BCUT2D eigenvalue weighted by Crippen LogP contribution is 2.44. The number of anilines is 2. The summed E-state index contributed by atoms with van der Waals surface area (Å²) in [5.74, 6) is 3.00. The van der Waals surface area contributed by atoms with Gasteiger partial charge in [0.25, 0.3) is 0 Å². The molecule has 1 aromatic heterocycles. The van der Waals surface area contributed by atoms with E-state index in [1.807, 2.05) is 44.2 Å². The van der Waals surface area contributed by atoms with Gasteiger partial charge in [-0.15, -0.1) is 0 Å². The fraction of sp³-hybridized carbons (Fsp3) is 0.467. The van der Waals surface area contributed by atoms with Crippen molar-refractivity contribution in [2.75, 3.05) is 71.3 Å². The third-order valence-electron chi connectivity index (χ3n) is 6.41. The summed E-state index contributed by atoms with van der Waals surface area (Å²) in [6.07, 6.45) is 0.523. The zero-order valence-electron chi connectivity index (χ0n) is 24.6. The molecule has 1 heterocycles. The second-order valence-electron chi connectivity index (χ2n) is 9.42. The third kappa shape index (κ3) is 9.48. The normalized spacial score (nSPS) is 11.5. The molecule has 13 nitrogen and oxygen atoms in total. The molecule has 4 rings (SSSR count). The van der Waals surface area contributed by atoms with Gasteiger partial charge in [-0.1, -0.05) is 6.07 Å². The van der Waals surface area contributed by atoms with E-state index in [2.05, 4.69) is 31.8 Å². The van der Waals surface area contributed by atoms with Crippen molar-refractivity contribution in [1.29, 1.82) is 0 Å². The van der Waals surface area contributed by atoms with E-state index in [9.17, 15) is 4.79 Å². The lowest BCUT2D eigenvalue weighted by molar-refractivity contribution is -0.177. The van der Waals surface area contributed by atoms with Gasteiger partial charge in [0.05, 0.1) is 58.5 Å². The lowest BCUT2D eigenvalue weighted by Crippen LogP contribution is -2.27. The Labute approximate surface area is 250 Å². The van der Waals surface area contributed by atoms with Gasteiger partial charge in [0.15, 0.2) is 17.3 Å². The van der Waals surface area contributed by atoms with E-state index < -0.39 is 6.09 Å². The van der Waals surface area contributed by atoms with Gasteiger partial charge in [-0.25, -0.2) is 4.79 Å². The zero-order chi connectivity index (χ0) is 30.3. The first-order chi connectivity index (χ1) is 21.1. The van der Waals surface area contributed by atoms with E-state index in [0.29, 0.717) is 65.0 Å². The van der Waals surface area contributed by atoms with Crippen molar-refractivity contribution in [2.24, 2.45) is 0 Å². The Morgan fingerprint density at radius 3 is 2.42 bits per heavy atom. The minimum absolute atomic E-state index is 0.232. The van der Waals surface area contributed by atoms with Crippen molar-refractivity contribution in [2.45, 2.75) is 26.7 Å². The highest BCUT2D eigenvalue weighted by molar-refractivity contribution is 5.81. The number of aromatic amines is 1. The largest absolute Gasteiger partial charge is 0.494 e. The molecule has 234 valence electrons. The van der Waals surface area contributed by atoms with Crippen LogP contribution >= 0.6 is 0 Å². The quantitative estimate of drug-likeness (QED) is 0.0642. The van der Waals surface area contributed by atoms with Crippen molar-refractivity contribution in [3.05, 3.63) is 47.5 Å². The van der Waals surface area contributed by atoms with Crippen LogP contribution in [0.25, 0.3) is 11.3 Å². The average molecular weight is 601 g/mol. The van der Waals surface area contributed by atoms with Crippen molar-refractivity contribution < 1.29 is 43.4 Å². The van der Waals surface area contributed by atoms with Gasteiger partial charge in [0.2, 0.25) is 0 Å². The molecule has 0 spiro atoms. The Morgan fingerprint density at radius 1 is 0.907 bits per heavy atom. The number of ether oxygens (including phenoxy) is 6. The Hall–Kier alpha value is -4.04. The summed E-state index contributed by atoms with van der Waals surface area (Å²) in [4.78, 5) is 14.2. The third-order valence-corrected chi connectivity index (χ3v) is 6.41. The second-order valence-corrected chi connectivity index (χ2v) is 9.42. The van der Waals surface area contributed by atoms with Crippen LogP contribution in [0.5, 0.6) is 17.2 Å². The van der Waals surface area contributed by atoms with Gasteiger partial charge in [-0.3, -0.25) is 9.99 Å². The summed E-state index contributed by atoms with van der Waals surface area (Å²) in [6.45, 7) is 8.29. The number of rotatable bonds is 20. The summed E-state index contributed by atoms with van der Waals surface area (Å²) in [5.41, 5.74) is 5.19. The predicted octanol–water partition coefficient (Wildman–Crippen LogP) is 4.54. The average Bonchev–Trinajstić information content (AvgIpc) is 3.56.